The first-order valence-corrected chi connectivity index (χ1v) is 8.57. The molecule has 1 rings (SSSR count). The standard InChI is InChI=1S/C18H32O/c1-2-3-4-5-6-8-11-14-17-15-12-9-7-10-13-16-18(17)19/h14H,2-13,15-16H2,1H3/b17-14+. The second-order valence-electron chi connectivity index (χ2n) is 5.98. The third-order valence-corrected chi connectivity index (χ3v) is 4.16. The molecule has 0 bridgehead atoms. The van der Waals surface area contributed by atoms with E-state index in [0.29, 0.717) is 5.78 Å². The Morgan fingerprint density at radius 1 is 0.842 bits per heavy atom. The Hall–Kier alpha value is -0.590. The van der Waals surface area contributed by atoms with Crippen LogP contribution < -0.4 is 0 Å². The monoisotopic (exact) mass is 264 g/mol. The molecule has 0 heterocycles. The van der Waals surface area contributed by atoms with Gasteiger partial charge in [-0.3, -0.25) is 4.79 Å². The van der Waals surface area contributed by atoms with Gasteiger partial charge >= 0.3 is 0 Å². The van der Waals surface area contributed by atoms with Crippen molar-refractivity contribution in [1.82, 2.24) is 0 Å². The van der Waals surface area contributed by atoms with Crippen LogP contribution in [0.2, 0.25) is 0 Å². The molecule has 0 aromatic rings. The van der Waals surface area contributed by atoms with Crippen molar-refractivity contribution in [3.8, 4) is 0 Å². The quantitative estimate of drug-likeness (QED) is 0.408. The van der Waals surface area contributed by atoms with E-state index in [-0.39, 0.29) is 0 Å². The molecule has 19 heavy (non-hydrogen) atoms. The molecule has 0 amide bonds. The highest BCUT2D eigenvalue weighted by Crippen LogP contribution is 2.19. The largest absolute Gasteiger partial charge is 0.295 e. The smallest absolute Gasteiger partial charge is 0.158 e. The molecule has 1 saturated carbocycles. The van der Waals surface area contributed by atoms with Crippen LogP contribution >= 0.6 is 0 Å². The van der Waals surface area contributed by atoms with E-state index in [1.165, 1.54) is 64.2 Å². The van der Waals surface area contributed by atoms with Crippen molar-refractivity contribution in [3.63, 3.8) is 0 Å². The van der Waals surface area contributed by atoms with Crippen molar-refractivity contribution < 1.29 is 4.79 Å². The zero-order valence-electron chi connectivity index (χ0n) is 12.9. The number of rotatable bonds is 7. The lowest BCUT2D eigenvalue weighted by molar-refractivity contribution is -0.115. The van der Waals surface area contributed by atoms with Gasteiger partial charge in [-0.05, 0) is 37.7 Å². The maximum Gasteiger partial charge on any atom is 0.158 e. The summed E-state index contributed by atoms with van der Waals surface area (Å²) < 4.78 is 0. The van der Waals surface area contributed by atoms with Gasteiger partial charge in [0.15, 0.2) is 5.78 Å². The van der Waals surface area contributed by atoms with Gasteiger partial charge in [-0.1, -0.05) is 64.4 Å². The molecular weight excluding hydrogens is 232 g/mol. The summed E-state index contributed by atoms with van der Waals surface area (Å²) in [6.07, 6.45) is 19.4. The molecule has 0 spiro atoms. The summed E-state index contributed by atoms with van der Waals surface area (Å²) in [6.45, 7) is 2.26. The van der Waals surface area contributed by atoms with Gasteiger partial charge in [0.05, 0.1) is 0 Å². The maximum atomic E-state index is 12.1. The third-order valence-electron chi connectivity index (χ3n) is 4.16. The molecule has 0 N–H and O–H groups in total. The van der Waals surface area contributed by atoms with Gasteiger partial charge in [0.25, 0.3) is 0 Å². The maximum absolute atomic E-state index is 12.1. The molecule has 0 radical (unpaired) electrons. The highest BCUT2D eigenvalue weighted by Gasteiger charge is 2.10. The van der Waals surface area contributed by atoms with Crippen LogP contribution in [-0.2, 0) is 4.79 Å². The van der Waals surface area contributed by atoms with E-state index in [9.17, 15) is 4.79 Å². The summed E-state index contributed by atoms with van der Waals surface area (Å²) in [5.41, 5.74) is 1.15. The Balaban J connectivity index is 2.21. The van der Waals surface area contributed by atoms with Crippen LogP contribution in [0, 0.1) is 0 Å². The number of hydrogen-bond acceptors (Lipinski definition) is 1. The highest BCUT2D eigenvalue weighted by atomic mass is 16.1. The Morgan fingerprint density at radius 3 is 2.26 bits per heavy atom. The summed E-state index contributed by atoms with van der Waals surface area (Å²) in [5, 5.41) is 0. The van der Waals surface area contributed by atoms with Crippen LogP contribution in [0.25, 0.3) is 0 Å². The van der Waals surface area contributed by atoms with E-state index in [4.69, 9.17) is 0 Å². The SMILES string of the molecule is CCCCCCCC/C=C1\CCCCCCCC1=O. The molecule has 1 heteroatoms. The van der Waals surface area contributed by atoms with Crippen molar-refractivity contribution in [1.29, 1.82) is 0 Å². The predicted octanol–water partition coefficient (Wildman–Crippen LogP) is 5.98. The number of carbonyl (C=O) groups is 1. The lowest BCUT2D eigenvalue weighted by Crippen LogP contribution is -2.02. The average molecular weight is 264 g/mol. The highest BCUT2D eigenvalue weighted by molar-refractivity contribution is 5.95. The Kier molecular flexibility index (Phi) is 9.75. The van der Waals surface area contributed by atoms with Gasteiger partial charge in [0.2, 0.25) is 0 Å². The average Bonchev–Trinajstić information content (AvgIpc) is 2.51. The predicted molar refractivity (Wildman–Crippen MR) is 83.4 cm³/mol. The molecule has 0 aliphatic heterocycles. The topological polar surface area (TPSA) is 17.1 Å². The first-order chi connectivity index (χ1) is 9.34. The first-order valence-electron chi connectivity index (χ1n) is 8.57. The van der Waals surface area contributed by atoms with E-state index >= 15 is 0 Å². The Morgan fingerprint density at radius 2 is 1.47 bits per heavy atom. The number of ketones is 1. The third kappa shape index (κ3) is 8.23. The van der Waals surface area contributed by atoms with Crippen molar-refractivity contribution >= 4 is 5.78 Å². The number of unbranched alkanes of at least 4 members (excludes halogenated alkanes) is 6. The molecule has 0 atom stereocenters. The molecule has 1 fully saturated rings. The Bertz CT molecular complexity index is 265. The second-order valence-corrected chi connectivity index (χ2v) is 5.98. The minimum Gasteiger partial charge on any atom is -0.295 e. The fourth-order valence-electron chi connectivity index (χ4n) is 2.85. The zero-order valence-corrected chi connectivity index (χ0v) is 12.9. The summed E-state index contributed by atoms with van der Waals surface area (Å²) in [4.78, 5) is 12.1. The van der Waals surface area contributed by atoms with Gasteiger partial charge in [-0.25, -0.2) is 0 Å². The minimum atomic E-state index is 0.438. The van der Waals surface area contributed by atoms with Crippen LogP contribution in [0.15, 0.2) is 11.6 Å². The van der Waals surface area contributed by atoms with Crippen LogP contribution in [0.4, 0.5) is 0 Å². The fourth-order valence-corrected chi connectivity index (χ4v) is 2.85. The van der Waals surface area contributed by atoms with Crippen molar-refractivity contribution in [3.05, 3.63) is 11.6 Å². The molecule has 0 unspecified atom stereocenters. The molecule has 1 aliphatic carbocycles. The van der Waals surface area contributed by atoms with Gasteiger partial charge in [0.1, 0.15) is 0 Å². The normalized spacial score (nSPS) is 20.1. The van der Waals surface area contributed by atoms with E-state index in [1.807, 2.05) is 0 Å². The van der Waals surface area contributed by atoms with Gasteiger partial charge in [0, 0.05) is 6.42 Å². The van der Waals surface area contributed by atoms with Crippen LogP contribution in [0.3, 0.4) is 0 Å². The first kappa shape index (κ1) is 16.5. The van der Waals surface area contributed by atoms with Crippen molar-refractivity contribution in [2.24, 2.45) is 0 Å². The van der Waals surface area contributed by atoms with E-state index in [0.717, 1.165) is 31.3 Å². The minimum absolute atomic E-state index is 0.438. The van der Waals surface area contributed by atoms with Gasteiger partial charge in [-0.15, -0.1) is 0 Å². The summed E-state index contributed by atoms with van der Waals surface area (Å²) in [5.74, 6) is 0.438. The van der Waals surface area contributed by atoms with Crippen LogP contribution in [0.1, 0.15) is 96.8 Å². The molecule has 0 aromatic heterocycles. The van der Waals surface area contributed by atoms with Crippen LogP contribution in [-0.4, -0.2) is 5.78 Å². The van der Waals surface area contributed by atoms with Gasteiger partial charge in [-0.2, -0.15) is 0 Å². The number of hydrogen-bond donors (Lipinski definition) is 0. The summed E-state index contributed by atoms with van der Waals surface area (Å²) >= 11 is 0. The number of carbonyl (C=O) groups excluding carboxylic acids is 1. The fraction of sp³-hybridized carbons (Fsp3) is 0.833. The lowest BCUT2D eigenvalue weighted by atomic mass is 10.00. The van der Waals surface area contributed by atoms with Crippen molar-refractivity contribution in [2.75, 3.05) is 0 Å². The Labute approximate surface area is 119 Å². The molecule has 110 valence electrons. The van der Waals surface area contributed by atoms with Crippen LogP contribution in [0.5, 0.6) is 0 Å². The van der Waals surface area contributed by atoms with E-state index in [1.54, 1.807) is 0 Å². The second kappa shape index (κ2) is 11.3. The van der Waals surface area contributed by atoms with Crippen molar-refractivity contribution in [2.45, 2.75) is 96.8 Å². The summed E-state index contributed by atoms with van der Waals surface area (Å²) in [6, 6.07) is 0. The molecule has 1 nitrogen and oxygen atoms in total. The summed E-state index contributed by atoms with van der Waals surface area (Å²) in [7, 11) is 0. The van der Waals surface area contributed by atoms with Gasteiger partial charge < -0.3 is 0 Å². The molecule has 0 aromatic carbocycles. The molecular formula is C18H32O. The molecule has 1 aliphatic rings. The zero-order chi connectivity index (χ0) is 13.8. The van der Waals surface area contributed by atoms with E-state index < -0.39 is 0 Å². The number of Topliss-reactive ketones (excluding diaryl/α,β-unsaturated/α-hetero) is 1. The number of allylic oxidation sites excluding steroid dienone is 2. The molecule has 0 saturated heterocycles. The lowest BCUT2D eigenvalue weighted by Gasteiger charge is -2.05. The van der Waals surface area contributed by atoms with E-state index in [2.05, 4.69) is 13.0 Å².